The highest BCUT2D eigenvalue weighted by atomic mass is 14.2. The van der Waals surface area contributed by atoms with Gasteiger partial charge in [0.25, 0.3) is 0 Å². The van der Waals surface area contributed by atoms with E-state index < -0.39 is 0 Å². The van der Waals surface area contributed by atoms with E-state index in [1.54, 1.807) is 0 Å². The number of hydrogen-bond donors (Lipinski definition) is 0. The van der Waals surface area contributed by atoms with Crippen molar-refractivity contribution in [3.05, 3.63) is 333 Å². The Kier molecular flexibility index (Phi) is 13.5. The normalized spacial score (nSPS) is 12.0. The summed E-state index contributed by atoms with van der Waals surface area (Å²) in [5.74, 6) is 0. The molecule has 0 nitrogen and oxygen atoms in total. The van der Waals surface area contributed by atoms with Gasteiger partial charge in [-0.05, 0) is 125 Å². The maximum absolute atomic E-state index is 2.35. The third kappa shape index (κ3) is 10.6. The molecule has 68 heavy (non-hydrogen) atoms. The Morgan fingerprint density at radius 2 is 0.603 bits per heavy atom. The Balaban J connectivity index is 0.986. The highest BCUT2D eigenvalue weighted by Crippen LogP contribution is 2.32. The van der Waals surface area contributed by atoms with Crippen molar-refractivity contribution in [2.45, 2.75) is 12.8 Å². The summed E-state index contributed by atoms with van der Waals surface area (Å²) in [6, 6.07) is 91.6. The van der Waals surface area contributed by atoms with Crippen molar-refractivity contribution in [1.82, 2.24) is 0 Å². The third-order valence-corrected chi connectivity index (χ3v) is 12.7. The van der Waals surface area contributed by atoms with Crippen LogP contribution < -0.4 is 0 Å². The van der Waals surface area contributed by atoms with E-state index in [-0.39, 0.29) is 0 Å². The molecule has 0 aliphatic rings. The number of fused-ring (bicyclic) bond motifs is 1. The first-order valence-electron chi connectivity index (χ1n) is 23.6. The Hall–Kier alpha value is -8.58. The lowest BCUT2D eigenvalue weighted by atomic mass is 9.92. The predicted molar refractivity (Wildman–Crippen MR) is 293 cm³/mol. The Morgan fingerprint density at radius 3 is 1.09 bits per heavy atom. The SMILES string of the molecule is C(=Cc1ccc2ccccc2c1C=Cc1ccccc1/C=C(/c1ccccc1)c1ccc(Cc2ccccc2)cc1)c1ccccc1/C=C(/c1ccccc1)c1ccc(Cc2ccccc2)cc1. The second-order valence-corrected chi connectivity index (χ2v) is 17.3. The van der Waals surface area contributed by atoms with E-state index in [9.17, 15) is 0 Å². The largest absolute Gasteiger partial charge is 0.0622 e. The topological polar surface area (TPSA) is 0 Å². The fraction of sp³-hybridized carbons (Fsp3) is 0.0294. The van der Waals surface area contributed by atoms with Gasteiger partial charge < -0.3 is 0 Å². The fourth-order valence-corrected chi connectivity index (χ4v) is 9.07. The van der Waals surface area contributed by atoms with E-state index in [2.05, 4.69) is 291 Å². The molecule has 0 atom stereocenters. The van der Waals surface area contributed by atoms with Crippen molar-refractivity contribution in [2.24, 2.45) is 0 Å². The van der Waals surface area contributed by atoms with Gasteiger partial charge in [-0.3, -0.25) is 0 Å². The molecule has 0 N–H and O–H groups in total. The first-order valence-corrected chi connectivity index (χ1v) is 23.6. The van der Waals surface area contributed by atoms with Gasteiger partial charge in [-0.25, -0.2) is 0 Å². The van der Waals surface area contributed by atoms with E-state index >= 15 is 0 Å². The smallest absolute Gasteiger partial charge is 0.00258 e. The van der Waals surface area contributed by atoms with Crippen LogP contribution in [0.25, 0.3) is 58.4 Å². The Labute approximate surface area is 401 Å². The Bertz CT molecular complexity index is 3370. The number of hydrogen-bond acceptors (Lipinski definition) is 0. The van der Waals surface area contributed by atoms with Crippen LogP contribution in [0.15, 0.2) is 255 Å². The average molecular weight is 869 g/mol. The number of benzene rings is 10. The molecule has 0 heteroatoms. The maximum atomic E-state index is 2.35. The molecule has 0 heterocycles. The van der Waals surface area contributed by atoms with Crippen molar-refractivity contribution in [3.63, 3.8) is 0 Å². The van der Waals surface area contributed by atoms with Gasteiger partial charge in [0.2, 0.25) is 0 Å². The summed E-state index contributed by atoms with van der Waals surface area (Å²) >= 11 is 0. The summed E-state index contributed by atoms with van der Waals surface area (Å²) in [7, 11) is 0. The van der Waals surface area contributed by atoms with Gasteiger partial charge in [0.15, 0.2) is 0 Å². The van der Waals surface area contributed by atoms with Crippen LogP contribution in [-0.4, -0.2) is 0 Å². The standard InChI is InChI=1S/C68H52/c1-5-19-51(20-6-1)47-53-33-37-61(38-34-53)67(57-25-9-3-10-26-57)49-63-30-15-13-23-55(63)41-42-60-44-43-59-29-17-18-32-65(59)66(60)46-45-56-24-14-16-31-64(56)50-68(58-27-11-4-12-28-58)62-39-35-54(36-40-62)48-52-21-7-2-8-22-52/h1-46,49-50H,47-48H2/b42-41?,46-45?,67-49-,68-50-. The van der Waals surface area contributed by atoms with Crippen LogP contribution in [-0.2, 0) is 12.8 Å². The van der Waals surface area contributed by atoms with Gasteiger partial charge in [0.05, 0.1) is 0 Å². The Morgan fingerprint density at radius 1 is 0.250 bits per heavy atom. The maximum Gasteiger partial charge on any atom is -0.00258 e. The van der Waals surface area contributed by atoms with Gasteiger partial charge in [-0.2, -0.15) is 0 Å². The zero-order valence-corrected chi connectivity index (χ0v) is 38.1. The summed E-state index contributed by atoms with van der Waals surface area (Å²) in [6.45, 7) is 0. The molecule has 0 aliphatic heterocycles. The molecular formula is C68H52. The molecular weight excluding hydrogens is 817 g/mol. The summed E-state index contributed by atoms with van der Waals surface area (Å²) in [4.78, 5) is 0. The zero-order chi connectivity index (χ0) is 45.7. The molecule has 0 spiro atoms. The minimum absolute atomic E-state index is 0.911. The molecule has 0 bridgehead atoms. The summed E-state index contributed by atoms with van der Waals surface area (Å²) in [5.41, 5.74) is 19.3. The lowest BCUT2D eigenvalue weighted by Gasteiger charge is -2.12. The van der Waals surface area contributed by atoms with E-state index in [1.807, 2.05) is 0 Å². The van der Waals surface area contributed by atoms with E-state index in [0.29, 0.717) is 0 Å². The van der Waals surface area contributed by atoms with Crippen molar-refractivity contribution in [1.29, 1.82) is 0 Å². The molecule has 0 saturated carbocycles. The minimum atomic E-state index is 0.911. The predicted octanol–water partition coefficient (Wildman–Crippen LogP) is 17.5. The second-order valence-electron chi connectivity index (χ2n) is 17.3. The van der Waals surface area contributed by atoms with E-state index in [1.165, 1.54) is 72.0 Å². The monoisotopic (exact) mass is 868 g/mol. The molecule has 0 amide bonds. The second kappa shape index (κ2) is 21.2. The molecule has 10 aromatic carbocycles. The van der Waals surface area contributed by atoms with Crippen LogP contribution in [0.1, 0.15) is 77.9 Å². The van der Waals surface area contributed by atoms with Crippen LogP contribution in [0.4, 0.5) is 0 Å². The van der Waals surface area contributed by atoms with Gasteiger partial charge in [0, 0.05) is 0 Å². The van der Waals surface area contributed by atoms with Crippen LogP contribution in [0.5, 0.6) is 0 Å². The molecule has 0 aromatic heterocycles. The summed E-state index contributed by atoms with van der Waals surface area (Å²) in [6.07, 6.45) is 15.6. The first-order chi connectivity index (χ1) is 33.7. The molecule has 0 radical (unpaired) electrons. The lowest BCUT2D eigenvalue weighted by Crippen LogP contribution is -1.92. The van der Waals surface area contributed by atoms with Gasteiger partial charge >= 0.3 is 0 Å². The summed E-state index contributed by atoms with van der Waals surface area (Å²) in [5, 5.41) is 2.43. The highest BCUT2D eigenvalue weighted by molar-refractivity contribution is 5.99. The van der Waals surface area contributed by atoms with E-state index in [0.717, 1.165) is 40.7 Å². The molecule has 0 saturated heterocycles. The third-order valence-electron chi connectivity index (χ3n) is 12.7. The van der Waals surface area contributed by atoms with Crippen LogP contribution in [0.2, 0.25) is 0 Å². The average Bonchev–Trinajstić information content (AvgIpc) is 3.40. The lowest BCUT2D eigenvalue weighted by molar-refractivity contribution is 1.19. The first kappa shape index (κ1) is 43.3. The van der Waals surface area contributed by atoms with Gasteiger partial charge in [-0.1, -0.05) is 279 Å². The van der Waals surface area contributed by atoms with Crippen LogP contribution >= 0.6 is 0 Å². The van der Waals surface area contributed by atoms with Crippen molar-refractivity contribution >= 4 is 58.4 Å². The van der Waals surface area contributed by atoms with Crippen molar-refractivity contribution in [2.75, 3.05) is 0 Å². The fourth-order valence-electron chi connectivity index (χ4n) is 9.07. The molecule has 10 rings (SSSR count). The molecule has 0 fully saturated rings. The van der Waals surface area contributed by atoms with Crippen LogP contribution in [0, 0.1) is 0 Å². The van der Waals surface area contributed by atoms with Crippen molar-refractivity contribution < 1.29 is 0 Å². The molecule has 0 aliphatic carbocycles. The van der Waals surface area contributed by atoms with Crippen LogP contribution in [0.3, 0.4) is 0 Å². The number of rotatable bonds is 14. The molecule has 10 aromatic rings. The minimum Gasteiger partial charge on any atom is -0.0622 e. The molecule has 324 valence electrons. The molecule has 0 unspecified atom stereocenters. The zero-order valence-electron chi connectivity index (χ0n) is 38.1. The van der Waals surface area contributed by atoms with E-state index in [4.69, 9.17) is 0 Å². The van der Waals surface area contributed by atoms with Crippen molar-refractivity contribution in [3.8, 4) is 0 Å². The van der Waals surface area contributed by atoms with Gasteiger partial charge in [-0.15, -0.1) is 0 Å². The highest BCUT2D eigenvalue weighted by Gasteiger charge is 2.11. The van der Waals surface area contributed by atoms with Gasteiger partial charge in [0.1, 0.15) is 0 Å². The quantitative estimate of drug-likeness (QED) is 0.0955. The summed E-state index contributed by atoms with van der Waals surface area (Å²) < 4.78 is 0.